The van der Waals surface area contributed by atoms with Gasteiger partial charge in [0.2, 0.25) is 0 Å². The normalized spacial score (nSPS) is 11.9. The molecule has 4 N–H and O–H groups in total. The van der Waals surface area contributed by atoms with E-state index in [9.17, 15) is 46.1 Å². The summed E-state index contributed by atoms with van der Waals surface area (Å²) in [7, 11) is -9.07. The van der Waals surface area contributed by atoms with E-state index in [0.29, 0.717) is 75.9 Å². The van der Waals surface area contributed by atoms with E-state index in [4.69, 9.17) is 32.7 Å². The largest absolute Gasteiger partial charge is 2.00 e. The SMILES string of the molecule is CCOc1ccccc1N=C([O-])c1cc2ccccc2c(N=Nc2cc(S(=O)(=O)O)cc(CC)c2Cl)c1[O-].CCOc1ccccc1NC(=O)c1cc2ccccc2c(N=Nc2cc(S(=O)(=O)O)cc(CC)c2Cl)c1O.[Ba+2]. The molecule has 0 aliphatic rings. The number of phenols is 1. The third-order valence-electron chi connectivity index (χ3n) is 11.3. The van der Waals surface area contributed by atoms with Gasteiger partial charge in [-0.1, -0.05) is 116 Å². The number of ether oxygens (including phenoxy) is 2. The van der Waals surface area contributed by atoms with Crippen LogP contribution in [0.25, 0.3) is 21.5 Å². The average molecular weight is 1240 g/mol. The molecule has 392 valence electrons. The second kappa shape index (κ2) is 26.3. The number of halogens is 2. The second-order valence-electron chi connectivity index (χ2n) is 16.3. The molecule has 0 unspecified atom stereocenters. The molecule has 77 heavy (non-hydrogen) atoms. The summed E-state index contributed by atoms with van der Waals surface area (Å²) in [6.45, 7) is 7.92. The van der Waals surface area contributed by atoms with E-state index in [1.54, 1.807) is 118 Å². The fraction of sp³-hybridized carbons (Fsp3) is 0.148. The molecule has 0 aromatic heterocycles. The van der Waals surface area contributed by atoms with E-state index in [0.717, 1.165) is 12.1 Å². The number of nitrogens with zero attached hydrogens (tertiary/aromatic N) is 5. The van der Waals surface area contributed by atoms with E-state index in [1.807, 2.05) is 6.92 Å². The van der Waals surface area contributed by atoms with Crippen molar-refractivity contribution >= 4 is 160 Å². The van der Waals surface area contributed by atoms with Gasteiger partial charge in [0, 0.05) is 10.8 Å². The Morgan fingerprint density at radius 3 is 1.58 bits per heavy atom. The zero-order chi connectivity index (χ0) is 54.9. The van der Waals surface area contributed by atoms with Crippen molar-refractivity contribution in [3.63, 3.8) is 0 Å². The maximum Gasteiger partial charge on any atom is 2.00 e. The summed E-state index contributed by atoms with van der Waals surface area (Å²) >= 11 is 12.8. The topological polar surface area (TPSA) is 284 Å². The number of azo groups is 2. The zero-order valence-corrected chi connectivity index (χ0v) is 49.1. The van der Waals surface area contributed by atoms with Crippen LogP contribution in [-0.4, -0.2) is 105 Å². The van der Waals surface area contributed by atoms with E-state index in [2.05, 4.69) is 30.8 Å². The molecule has 0 bridgehead atoms. The number of aryl methyl sites for hydroxylation is 2. The molecule has 0 aliphatic carbocycles. The Labute approximate surface area is 493 Å². The number of benzene rings is 8. The first-order chi connectivity index (χ1) is 36.3. The van der Waals surface area contributed by atoms with Crippen molar-refractivity contribution in [2.45, 2.75) is 50.3 Å². The Balaban J connectivity index is 0.000000246. The number of aromatic hydroxyl groups is 1. The van der Waals surface area contributed by atoms with Gasteiger partial charge in [-0.3, -0.25) is 18.9 Å². The minimum absolute atomic E-state index is 0. The van der Waals surface area contributed by atoms with Crippen LogP contribution in [0.3, 0.4) is 0 Å². The van der Waals surface area contributed by atoms with Crippen LogP contribution < -0.4 is 25.0 Å². The molecule has 0 saturated heterocycles. The van der Waals surface area contributed by atoms with Crippen LogP contribution in [0.5, 0.6) is 23.0 Å². The Bertz CT molecular complexity index is 3860. The number of aliphatic imine (C=N–C) groups is 1. The van der Waals surface area contributed by atoms with E-state index < -0.39 is 48.4 Å². The number of nitrogens with one attached hydrogen (secondary N) is 1. The standard InChI is InChI=1S/2C27H24ClN3O6S.Ba/c2*1-3-16-13-18(38(34,35)36)15-22(24(16)28)30-31-25-19-10-6-5-9-17(19)14-20(26(25)32)27(33)29-21-11-7-8-12-23(21)37-4-2;/h2*5-15,32H,3-4H2,1-2H3,(H,29,33)(H,34,35,36);/q;;+2/p-2. The van der Waals surface area contributed by atoms with Crippen molar-refractivity contribution in [1.82, 2.24) is 0 Å². The maximum atomic E-state index is 13.4. The Morgan fingerprint density at radius 1 is 0.597 bits per heavy atom. The molecule has 8 rings (SSSR count). The molecule has 0 spiro atoms. The van der Waals surface area contributed by atoms with Crippen molar-refractivity contribution in [1.29, 1.82) is 0 Å². The van der Waals surface area contributed by atoms with Crippen LogP contribution >= 0.6 is 23.2 Å². The van der Waals surface area contributed by atoms with E-state index in [-0.39, 0.29) is 103 Å². The number of phenolic OH excluding ortho intramolecular Hbond substituents is 1. The smallest absolute Gasteiger partial charge is 0.871 e. The number of fused-ring (bicyclic) bond motifs is 2. The Morgan fingerprint density at radius 2 is 1.05 bits per heavy atom. The predicted octanol–water partition coefficient (Wildman–Crippen LogP) is 12.3. The van der Waals surface area contributed by atoms with E-state index in [1.165, 1.54) is 24.3 Å². The quantitative estimate of drug-likeness (QED) is 0.0231. The van der Waals surface area contributed by atoms with Gasteiger partial charge < -0.3 is 30.1 Å². The molecule has 0 fully saturated rings. The van der Waals surface area contributed by atoms with Crippen LogP contribution in [-0.2, 0) is 33.1 Å². The molecule has 18 nitrogen and oxygen atoms in total. The summed E-state index contributed by atoms with van der Waals surface area (Å²) < 4.78 is 77.1. The molecule has 23 heteroatoms. The molecule has 8 aromatic carbocycles. The third-order valence-corrected chi connectivity index (χ3v) is 13.9. The number of carbonyl (C=O) groups is 1. The third kappa shape index (κ3) is 14.2. The number of para-hydroxylation sites is 4. The van der Waals surface area contributed by atoms with Crippen LogP contribution in [0.2, 0.25) is 10.0 Å². The van der Waals surface area contributed by atoms with Crippen molar-refractivity contribution in [2.75, 3.05) is 18.5 Å². The monoisotopic (exact) mass is 1240 g/mol. The summed E-state index contributed by atoms with van der Waals surface area (Å²) in [6, 6.07) is 35.0. The number of anilines is 1. The number of amides is 1. The number of rotatable bonds is 16. The first-order valence-electron chi connectivity index (χ1n) is 23.2. The van der Waals surface area contributed by atoms with Crippen molar-refractivity contribution in [3.05, 3.63) is 166 Å². The molecular formula is C54H46BaCl2N6O12S2. The Kier molecular flexibility index (Phi) is 20.4. The minimum Gasteiger partial charge on any atom is -0.871 e. The van der Waals surface area contributed by atoms with Gasteiger partial charge in [-0.05, 0) is 121 Å². The van der Waals surface area contributed by atoms with Gasteiger partial charge >= 0.3 is 48.9 Å². The van der Waals surface area contributed by atoms with Gasteiger partial charge in [0.05, 0.1) is 50.0 Å². The van der Waals surface area contributed by atoms with Crippen molar-refractivity contribution in [2.24, 2.45) is 25.4 Å². The molecule has 0 heterocycles. The Hall–Kier alpha value is -6.41. The zero-order valence-electron chi connectivity index (χ0n) is 41.6. The fourth-order valence-corrected chi connectivity index (χ4v) is 9.31. The number of hydrogen-bond acceptors (Lipinski definition) is 15. The average Bonchev–Trinajstić information content (AvgIpc) is 3.39. The van der Waals surface area contributed by atoms with Crippen LogP contribution in [0.1, 0.15) is 54.7 Å². The minimum atomic E-state index is -4.55. The number of carbonyl (C=O) groups excluding carboxylic acids is 1. The van der Waals surface area contributed by atoms with Gasteiger partial charge in [0.25, 0.3) is 26.1 Å². The van der Waals surface area contributed by atoms with Crippen molar-refractivity contribution in [3.8, 4) is 23.0 Å². The summed E-state index contributed by atoms with van der Waals surface area (Å²) in [5.74, 6) is -1.66. The van der Waals surface area contributed by atoms with Crippen LogP contribution in [0.4, 0.5) is 34.1 Å². The van der Waals surface area contributed by atoms with Crippen LogP contribution in [0, 0.1) is 0 Å². The molecular weight excluding hydrogens is 1200 g/mol. The van der Waals surface area contributed by atoms with Crippen molar-refractivity contribution < 1.29 is 55.5 Å². The second-order valence-corrected chi connectivity index (χ2v) is 19.9. The summed E-state index contributed by atoms with van der Waals surface area (Å²) in [4.78, 5) is 16.5. The molecule has 0 atom stereocenters. The number of hydrogen-bond donors (Lipinski definition) is 4. The maximum absolute atomic E-state index is 13.4. The summed E-state index contributed by atoms with van der Waals surface area (Å²) in [5.41, 5.74) is 1.02. The summed E-state index contributed by atoms with van der Waals surface area (Å²) in [6.07, 6.45) is 0.729. The van der Waals surface area contributed by atoms with E-state index >= 15 is 0 Å². The van der Waals surface area contributed by atoms with Gasteiger partial charge in [0.1, 0.15) is 34.2 Å². The first-order valence-corrected chi connectivity index (χ1v) is 26.8. The molecule has 1 amide bonds. The fourth-order valence-electron chi connectivity index (χ4n) is 7.64. The molecule has 0 saturated carbocycles. The first kappa shape index (κ1) is 59.8. The predicted molar refractivity (Wildman–Crippen MR) is 294 cm³/mol. The molecule has 8 aromatic rings. The molecule has 0 radical (unpaired) electrons. The van der Waals surface area contributed by atoms with Gasteiger partial charge in [-0.25, -0.2) is 0 Å². The summed E-state index contributed by atoms with van der Waals surface area (Å²) in [5, 5.41) is 59.2. The van der Waals surface area contributed by atoms with Gasteiger partial charge in [0.15, 0.2) is 5.75 Å². The van der Waals surface area contributed by atoms with Gasteiger partial charge in [-0.2, -0.15) is 21.9 Å². The van der Waals surface area contributed by atoms with Crippen LogP contribution in [0.15, 0.2) is 169 Å². The molecule has 0 aliphatic heterocycles. The van der Waals surface area contributed by atoms with Gasteiger partial charge in [-0.15, -0.1) is 15.3 Å².